The molecular weight excluding hydrogens is 262 g/mol. The summed E-state index contributed by atoms with van der Waals surface area (Å²) in [4.78, 5) is 25.8. The smallest absolute Gasteiger partial charge is 0.417 e. The van der Waals surface area contributed by atoms with E-state index in [4.69, 9.17) is 14.2 Å². The van der Waals surface area contributed by atoms with Crippen molar-refractivity contribution in [3.8, 4) is 0 Å². The minimum atomic E-state index is -0.698. The van der Waals surface area contributed by atoms with Gasteiger partial charge in [0.2, 0.25) is 5.91 Å². The predicted octanol–water partition coefficient (Wildman–Crippen LogP) is 1.67. The molecule has 3 fully saturated rings. The molecule has 112 valence electrons. The van der Waals surface area contributed by atoms with Crippen LogP contribution in [0.3, 0.4) is 0 Å². The van der Waals surface area contributed by atoms with Crippen molar-refractivity contribution in [1.82, 2.24) is 4.90 Å². The van der Waals surface area contributed by atoms with Gasteiger partial charge in [0.1, 0.15) is 17.8 Å². The normalized spacial score (nSPS) is 38.2. The van der Waals surface area contributed by atoms with E-state index in [0.717, 1.165) is 0 Å². The number of carbonyl (C=O) groups is 2. The average molecular weight is 283 g/mol. The third kappa shape index (κ3) is 2.02. The van der Waals surface area contributed by atoms with Crippen LogP contribution >= 0.6 is 0 Å². The number of imide groups is 1. The molecule has 3 unspecified atom stereocenters. The summed E-state index contributed by atoms with van der Waals surface area (Å²) >= 11 is 0. The average Bonchev–Trinajstić information content (AvgIpc) is 2.81. The number of rotatable bonds is 0. The summed E-state index contributed by atoms with van der Waals surface area (Å²) in [5.41, 5.74) is -0.620. The number of ether oxygens (including phenoxy) is 3. The molecule has 0 spiro atoms. The highest BCUT2D eigenvalue weighted by Crippen LogP contribution is 2.49. The first-order valence-electron chi connectivity index (χ1n) is 7.01. The fourth-order valence-corrected chi connectivity index (χ4v) is 3.33. The van der Waals surface area contributed by atoms with E-state index in [-0.39, 0.29) is 30.1 Å². The number of hydrogen-bond acceptors (Lipinski definition) is 5. The summed E-state index contributed by atoms with van der Waals surface area (Å²) in [5, 5.41) is 0. The molecule has 2 aliphatic heterocycles. The third-order valence-corrected chi connectivity index (χ3v) is 3.91. The van der Waals surface area contributed by atoms with Gasteiger partial charge in [-0.05, 0) is 41.0 Å². The van der Waals surface area contributed by atoms with Gasteiger partial charge in [0, 0.05) is 0 Å². The molecule has 3 aliphatic rings. The van der Waals surface area contributed by atoms with Crippen molar-refractivity contribution in [3.05, 3.63) is 0 Å². The predicted molar refractivity (Wildman–Crippen MR) is 68.8 cm³/mol. The summed E-state index contributed by atoms with van der Waals surface area (Å²) in [6.07, 6.45) is -0.452. The van der Waals surface area contributed by atoms with Crippen LogP contribution in [0.4, 0.5) is 4.79 Å². The van der Waals surface area contributed by atoms with E-state index in [2.05, 4.69) is 0 Å². The molecule has 6 heteroatoms. The lowest BCUT2D eigenvalue weighted by molar-refractivity contribution is -0.156. The lowest BCUT2D eigenvalue weighted by Crippen LogP contribution is -2.53. The van der Waals surface area contributed by atoms with Gasteiger partial charge in [-0.25, -0.2) is 9.69 Å². The largest absolute Gasteiger partial charge is 0.443 e. The summed E-state index contributed by atoms with van der Waals surface area (Å²) in [6, 6.07) is -0.269. The third-order valence-electron chi connectivity index (χ3n) is 3.91. The Labute approximate surface area is 118 Å². The lowest BCUT2D eigenvalue weighted by Gasteiger charge is -2.32. The Morgan fingerprint density at radius 3 is 2.50 bits per heavy atom. The number of amides is 2. The van der Waals surface area contributed by atoms with Crippen LogP contribution in [0.15, 0.2) is 0 Å². The molecule has 2 amide bonds. The van der Waals surface area contributed by atoms with Crippen molar-refractivity contribution in [2.24, 2.45) is 5.92 Å². The molecule has 2 saturated heterocycles. The minimum Gasteiger partial charge on any atom is -0.443 e. The van der Waals surface area contributed by atoms with Crippen molar-refractivity contribution >= 4 is 12.0 Å². The number of carbonyl (C=O) groups excluding carboxylic acids is 2. The van der Waals surface area contributed by atoms with Crippen molar-refractivity contribution in [2.45, 2.75) is 70.7 Å². The Morgan fingerprint density at radius 1 is 1.30 bits per heavy atom. The van der Waals surface area contributed by atoms with E-state index in [1.165, 1.54) is 4.90 Å². The topological polar surface area (TPSA) is 65.1 Å². The van der Waals surface area contributed by atoms with E-state index in [1.54, 1.807) is 20.8 Å². The molecule has 0 aromatic carbocycles. The zero-order chi connectivity index (χ0) is 14.9. The second kappa shape index (κ2) is 3.95. The second-order valence-corrected chi connectivity index (χ2v) is 7.16. The van der Waals surface area contributed by atoms with Crippen LogP contribution in [0, 0.1) is 5.92 Å². The highest BCUT2D eigenvalue weighted by atomic mass is 16.8. The Balaban J connectivity index is 1.80. The molecule has 3 rings (SSSR count). The molecular formula is C14H21NO5. The van der Waals surface area contributed by atoms with Crippen LogP contribution in [-0.4, -0.2) is 46.5 Å². The van der Waals surface area contributed by atoms with Gasteiger partial charge in [-0.2, -0.15) is 0 Å². The Kier molecular flexibility index (Phi) is 2.73. The minimum absolute atomic E-state index is 0.202. The van der Waals surface area contributed by atoms with Gasteiger partial charge in [0.15, 0.2) is 5.79 Å². The highest BCUT2D eigenvalue weighted by Gasteiger charge is 2.65. The van der Waals surface area contributed by atoms with Crippen LogP contribution in [0.2, 0.25) is 0 Å². The SMILES string of the molecule is CC(C)(C)OC(=O)N1C(=O)C2CC1[C@H]1OC(C)(C)OC21. The standard InChI is InChI=1S/C14H21NO5/c1-13(2,3)20-12(17)15-8-6-7(11(15)16)9-10(8)19-14(4,5)18-9/h7-10H,6H2,1-5H3/t7?,8?,9?,10-/m1/s1. The zero-order valence-electron chi connectivity index (χ0n) is 12.5. The Hall–Kier alpha value is -1.14. The fourth-order valence-electron chi connectivity index (χ4n) is 3.33. The second-order valence-electron chi connectivity index (χ2n) is 7.16. The monoisotopic (exact) mass is 283 g/mol. The first-order chi connectivity index (χ1) is 9.09. The van der Waals surface area contributed by atoms with Crippen LogP contribution in [-0.2, 0) is 19.0 Å². The summed E-state index contributed by atoms with van der Waals surface area (Å²) < 4.78 is 16.9. The molecule has 0 radical (unpaired) electrons. The van der Waals surface area contributed by atoms with Gasteiger partial charge < -0.3 is 14.2 Å². The van der Waals surface area contributed by atoms with Crippen LogP contribution in [0.25, 0.3) is 0 Å². The Bertz CT molecular complexity index is 467. The van der Waals surface area contributed by atoms with E-state index in [1.807, 2.05) is 13.8 Å². The molecule has 0 N–H and O–H groups in total. The molecule has 1 saturated carbocycles. The maximum absolute atomic E-state index is 12.3. The molecule has 6 nitrogen and oxygen atoms in total. The fraction of sp³-hybridized carbons (Fsp3) is 0.857. The molecule has 0 aromatic rings. The van der Waals surface area contributed by atoms with Gasteiger partial charge >= 0.3 is 6.09 Å². The number of piperidine rings is 1. The maximum Gasteiger partial charge on any atom is 0.417 e. The Morgan fingerprint density at radius 2 is 1.90 bits per heavy atom. The quantitative estimate of drug-likeness (QED) is 0.676. The molecule has 2 bridgehead atoms. The van der Waals surface area contributed by atoms with Gasteiger partial charge in [-0.1, -0.05) is 0 Å². The number of fused-ring (bicyclic) bond motifs is 5. The van der Waals surface area contributed by atoms with Crippen LogP contribution in [0.1, 0.15) is 41.0 Å². The van der Waals surface area contributed by atoms with E-state index >= 15 is 0 Å². The summed E-state index contributed by atoms with van der Waals surface area (Å²) in [6.45, 7) is 9.00. The number of likely N-dealkylation sites (tertiary alicyclic amines) is 1. The number of nitrogens with zero attached hydrogens (tertiary/aromatic N) is 1. The van der Waals surface area contributed by atoms with E-state index in [0.29, 0.717) is 6.42 Å². The van der Waals surface area contributed by atoms with Gasteiger partial charge in [-0.3, -0.25) is 4.79 Å². The number of hydrogen-bond donors (Lipinski definition) is 0. The van der Waals surface area contributed by atoms with E-state index in [9.17, 15) is 9.59 Å². The van der Waals surface area contributed by atoms with E-state index < -0.39 is 17.5 Å². The van der Waals surface area contributed by atoms with Crippen molar-refractivity contribution in [3.63, 3.8) is 0 Å². The van der Waals surface area contributed by atoms with Gasteiger partial charge in [-0.15, -0.1) is 0 Å². The molecule has 4 atom stereocenters. The van der Waals surface area contributed by atoms with Gasteiger partial charge in [0.05, 0.1) is 12.0 Å². The molecule has 0 aromatic heterocycles. The molecule has 20 heavy (non-hydrogen) atoms. The van der Waals surface area contributed by atoms with Gasteiger partial charge in [0.25, 0.3) is 0 Å². The maximum atomic E-state index is 12.3. The van der Waals surface area contributed by atoms with Crippen molar-refractivity contribution in [1.29, 1.82) is 0 Å². The zero-order valence-corrected chi connectivity index (χ0v) is 12.5. The lowest BCUT2D eigenvalue weighted by atomic mass is 10.0. The molecule has 2 heterocycles. The van der Waals surface area contributed by atoms with Crippen molar-refractivity contribution in [2.75, 3.05) is 0 Å². The van der Waals surface area contributed by atoms with Crippen LogP contribution in [0.5, 0.6) is 0 Å². The molecule has 1 aliphatic carbocycles. The first-order valence-corrected chi connectivity index (χ1v) is 7.01. The van der Waals surface area contributed by atoms with Crippen LogP contribution < -0.4 is 0 Å². The summed E-state index contributed by atoms with van der Waals surface area (Å²) in [5.74, 6) is -1.19. The highest BCUT2D eigenvalue weighted by molar-refractivity contribution is 5.97. The first kappa shape index (κ1) is 13.8. The van der Waals surface area contributed by atoms with Crippen molar-refractivity contribution < 1.29 is 23.8 Å². The summed E-state index contributed by atoms with van der Waals surface area (Å²) in [7, 11) is 0.